The van der Waals surface area contributed by atoms with Crippen molar-refractivity contribution in [3.05, 3.63) is 144 Å². The van der Waals surface area contributed by atoms with Gasteiger partial charge in [-0.3, -0.25) is 0 Å². The van der Waals surface area contributed by atoms with Crippen LogP contribution in [-0.4, -0.2) is 22.4 Å². The largest absolute Gasteiger partial charge is 0.380 e. The Balaban J connectivity index is 1.60. The Morgan fingerprint density at radius 2 is 0.714 bits per heavy atom. The number of aliphatic hydroxyl groups is 2. The molecular formula is C32H30O3. The van der Waals surface area contributed by atoms with Gasteiger partial charge in [0.15, 0.2) is 0 Å². The molecule has 4 aromatic rings. The molecule has 2 fully saturated rings. The first-order valence-electron chi connectivity index (χ1n) is 12.5. The molecule has 0 amide bonds. The first-order valence-corrected chi connectivity index (χ1v) is 12.5. The van der Waals surface area contributed by atoms with E-state index >= 15 is 0 Å². The highest BCUT2D eigenvalue weighted by Gasteiger charge is 2.64. The van der Waals surface area contributed by atoms with Crippen LogP contribution in [0.1, 0.15) is 35.1 Å². The molecule has 176 valence electrons. The van der Waals surface area contributed by atoms with E-state index < -0.39 is 11.2 Å². The molecular weight excluding hydrogens is 432 g/mol. The Morgan fingerprint density at radius 3 is 0.971 bits per heavy atom. The van der Waals surface area contributed by atoms with Crippen molar-refractivity contribution in [3.8, 4) is 0 Å². The number of hydrogen-bond acceptors (Lipinski definition) is 3. The van der Waals surface area contributed by atoms with E-state index in [0.29, 0.717) is 0 Å². The van der Waals surface area contributed by atoms with Crippen LogP contribution in [0.3, 0.4) is 0 Å². The van der Waals surface area contributed by atoms with Crippen molar-refractivity contribution in [2.24, 2.45) is 11.8 Å². The fraction of sp³-hybridized carbons (Fsp3) is 0.250. The summed E-state index contributed by atoms with van der Waals surface area (Å²) in [5.74, 6) is -0.701. The molecule has 0 radical (unpaired) electrons. The summed E-state index contributed by atoms with van der Waals surface area (Å²) in [5.41, 5.74) is 0.623. The van der Waals surface area contributed by atoms with Gasteiger partial charge in [0.05, 0.1) is 12.2 Å². The Hall–Kier alpha value is -3.24. The molecule has 2 aliphatic heterocycles. The molecule has 35 heavy (non-hydrogen) atoms. The van der Waals surface area contributed by atoms with Crippen molar-refractivity contribution in [2.75, 3.05) is 0 Å². The Morgan fingerprint density at radius 1 is 0.457 bits per heavy atom. The molecule has 4 aromatic carbocycles. The van der Waals surface area contributed by atoms with Crippen LogP contribution >= 0.6 is 0 Å². The van der Waals surface area contributed by atoms with Crippen LogP contribution in [0.15, 0.2) is 121 Å². The van der Waals surface area contributed by atoms with Crippen molar-refractivity contribution in [2.45, 2.75) is 36.3 Å². The zero-order chi connectivity index (χ0) is 23.9. The van der Waals surface area contributed by atoms with E-state index in [2.05, 4.69) is 0 Å². The Bertz CT molecular complexity index is 1080. The van der Waals surface area contributed by atoms with Gasteiger partial charge >= 0.3 is 0 Å². The second-order valence-corrected chi connectivity index (χ2v) is 9.84. The van der Waals surface area contributed by atoms with E-state index in [9.17, 15) is 10.2 Å². The van der Waals surface area contributed by atoms with Gasteiger partial charge in [0, 0.05) is 11.8 Å². The third-order valence-electron chi connectivity index (χ3n) is 8.09. The fourth-order valence-corrected chi connectivity index (χ4v) is 6.61. The first kappa shape index (κ1) is 22.2. The molecule has 0 unspecified atom stereocenters. The van der Waals surface area contributed by atoms with Crippen LogP contribution in [-0.2, 0) is 15.9 Å². The summed E-state index contributed by atoms with van der Waals surface area (Å²) in [7, 11) is 0. The quantitative estimate of drug-likeness (QED) is 0.389. The standard InChI is InChI=1S/C32H30O3/c33-31(23-13-5-1-6-14-23,24-15-7-2-8-16-24)29-27-21-22-28(35-27)30(29)32(34,25-17-9-3-10-18-25)26-19-11-4-12-20-26/h1-20,27-30,33-34H,21-22H2/t27-,28+,29-,30-/m0/s1. The van der Waals surface area contributed by atoms with E-state index in [0.717, 1.165) is 35.1 Å². The Kier molecular flexibility index (Phi) is 5.57. The second kappa shape index (κ2) is 8.76. The third kappa shape index (κ3) is 3.46. The average molecular weight is 463 g/mol. The van der Waals surface area contributed by atoms with E-state index in [1.807, 2.05) is 121 Å². The summed E-state index contributed by atoms with van der Waals surface area (Å²) < 4.78 is 6.56. The maximum atomic E-state index is 12.8. The van der Waals surface area contributed by atoms with Gasteiger partial charge in [-0.1, -0.05) is 121 Å². The lowest BCUT2D eigenvalue weighted by molar-refractivity contribution is -0.0870. The van der Waals surface area contributed by atoms with Crippen LogP contribution in [0, 0.1) is 11.8 Å². The van der Waals surface area contributed by atoms with E-state index in [-0.39, 0.29) is 24.0 Å². The van der Waals surface area contributed by atoms with Gasteiger partial charge in [-0.25, -0.2) is 0 Å². The van der Waals surface area contributed by atoms with Crippen LogP contribution in [0.25, 0.3) is 0 Å². The van der Waals surface area contributed by atoms with Gasteiger partial charge in [-0.05, 0) is 35.1 Å². The van der Waals surface area contributed by atoms with Crippen molar-refractivity contribution < 1.29 is 14.9 Å². The van der Waals surface area contributed by atoms with Crippen LogP contribution in [0.5, 0.6) is 0 Å². The molecule has 0 spiro atoms. The molecule has 2 N–H and O–H groups in total. The number of rotatable bonds is 6. The summed E-state index contributed by atoms with van der Waals surface area (Å²) in [4.78, 5) is 0. The Labute approximate surface area is 206 Å². The normalized spacial score (nSPS) is 23.9. The van der Waals surface area contributed by atoms with Gasteiger partial charge in [-0.15, -0.1) is 0 Å². The van der Waals surface area contributed by atoms with Gasteiger partial charge < -0.3 is 14.9 Å². The SMILES string of the molecule is OC(c1ccccc1)(c1ccccc1)[C@@H]1[C@@H](C(O)(c2ccccc2)c2ccccc2)[C@H]2CC[C@@H]1O2. The summed E-state index contributed by atoms with van der Waals surface area (Å²) in [6.45, 7) is 0. The lowest BCUT2D eigenvalue weighted by atomic mass is 9.58. The highest BCUT2D eigenvalue weighted by Crippen LogP contribution is 2.59. The van der Waals surface area contributed by atoms with Gasteiger partial charge in [0.1, 0.15) is 11.2 Å². The molecule has 2 heterocycles. The zero-order valence-corrected chi connectivity index (χ0v) is 19.6. The third-order valence-corrected chi connectivity index (χ3v) is 8.09. The van der Waals surface area contributed by atoms with Gasteiger partial charge in [0.25, 0.3) is 0 Å². The highest BCUT2D eigenvalue weighted by atomic mass is 16.5. The van der Waals surface area contributed by atoms with E-state index in [1.165, 1.54) is 0 Å². The van der Waals surface area contributed by atoms with E-state index in [1.54, 1.807) is 0 Å². The summed E-state index contributed by atoms with van der Waals surface area (Å²) in [6.07, 6.45) is 1.42. The summed E-state index contributed by atoms with van der Waals surface area (Å²) in [5, 5.41) is 25.6. The molecule has 0 saturated carbocycles. The number of ether oxygens (including phenoxy) is 1. The monoisotopic (exact) mass is 462 g/mol. The second-order valence-electron chi connectivity index (χ2n) is 9.84. The van der Waals surface area contributed by atoms with Crippen molar-refractivity contribution >= 4 is 0 Å². The number of hydrogen-bond donors (Lipinski definition) is 2. The van der Waals surface area contributed by atoms with Gasteiger partial charge in [0.2, 0.25) is 0 Å². The molecule has 0 aliphatic carbocycles. The van der Waals surface area contributed by atoms with Crippen LogP contribution in [0.2, 0.25) is 0 Å². The molecule has 0 aromatic heterocycles. The predicted molar refractivity (Wildman–Crippen MR) is 137 cm³/mol. The molecule has 2 bridgehead atoms. The smallest absolute Gasteiger partial charge is 0.120 e. The van der Waals surface area contributed by atoms with Crippen molar-refractivity contribution in [3.63, 3.8) is 0 Å². The molecule has 4 atom stereocenters. The molecule has 6 rings (SSSR count). The summed E-state index contributed by atoms with van der Waals surface area (Å²) in [6, 6.07) is 39.5. The molecule has 3 heteroatoms. The summed E-state index contributed by atoms with van der Waals surface area (Å²) >= 11 is 0. The van der Waals surface area contributed by atoms with Crippen LogP contribution in [0.4, 0.5) is 0 Å². The minimum atomic E-state index is -1.33. The number of benzene rings is 4. The predicted octanol–water partition coefficient (Wildman–Crippen LogP) is 5.65. The maximum Gasteiger partial charge on any atom is 0.120 e. The maximum absolute atomic E-state index is 12.8. The van der Waals surface area contributed by atoms with Crippen molar-refractivity contribution in [1.82, 2.24) is 0 Å². The minimum Gasteiger partial charge on any atom is -0.380 e. The molecule has 2 saturated heterocycles. The minimum absolute atomic E-state index is 0.158. The zero-order valence-electron chi connectivity index (χ0n) is 19.6. The molecule has 3 nitrogen and oxygen atoms in total. The highest BCUT2D eigenvalue weighted by molar-refractivity contribution is 5.43. The van der Waals surface area contributed by atoms with Crippen LogP contribution < -0.4 is 0 Å². The van der Waals surface area contributed by atoms with Crippen molar-refractivity contribution in [1.29, 1.82) is 0 Å². The number of fused-ring (bicyclic) bond motifs is 2. The first-order chi connectivity index (χ1) is 17.1. The lowest BCUT2D eigenvalue weighted by Gasteiger charge is -2.48. The van der Waals surface area contributed by atoms with E-state index in [4.69, 9.17) is 4.74 Å². The topological polar surface area (TPSA) is 49.7 Å². The fourth-order valence-electron chi connectivity index (χ4n) is 6.61. The average Bonchev–Trinajstić information content (AvgIpc) is 3.57. The molecule has 2 aliphatic rings. The van der Waals surface area contributed by atoms with Gasteiger partial charge in [-0.2, -0.15) is 0 Å². The lowest BCUT2D eigenvalue weighted by Crippen LogP contribution is -2.53.